The van der Waals surface area contributed by atoms with Gasteiger partial charge in [-0.3, -0.25) is 9.69 Å². The van der Waals surface area contributed by atoms with Crippen LogP contribution in [-0.4, -0.2) is 55.7 Å². The quantitative estimate of drug-likeness (QED) is 0.791. The van der Waals surface area contributed by atoms with Crippen LogP contribution in [0.5, 0.6) is 5.75 Å². The van der Waals surface area contributed by atoms with Crippen molar-refractivity contribution < 1.29 is 31.1 Å². The number of halogens is 3. The Hall–Kier alpha value is -1.81. The zero-order chi connectivity index (χ0) is 20.4. The zero-order valence-electron chi connectivity index (χ0n) is 15.2. The van der Waals surface area contributed by atoms with Crippen molar-refractivity contribution in [3.8, 4) is 5.75 Å². The monoisotopic (exact) mass is 420 g/mol. The molecule has 1 amide bonds. The molecule has 1 saturated heterocycles. The van der Waals surface area contributed by atoms with Crippen LogP contribution >= 0.6 is 0 Å². The summed E-state index contributed by atoms with van der Waals surface area (Å²) in [6, 6.07) is 5.46. The summed E-state index contributed by atoms with van der Waals surface area (Å²) in [5.41, 5.74) is 0.213. The Labute approximate surface area is 162 Å². The standard InChI is InChI=1S/C18H23F3N2O4S/c19-18(20,21)27-15-7-3-1-5-13(15)11-22-17(24)12-23-9-10-28(25,26)16-8-4-2-6-14(16)23/h1,3,5,7,14,16H,2,4,6,8-12H2,(H,22,24)/t14-,16+/m0/s1. The fourth-order valence-electron chi connectivity index (χ4n) is 3.98. The summed E-state index contributed by atoms with van der Waals surface area (Å²) in [5, 5.41) is 2.18. The number of carbonyl (C=O) groups is 1. The molecule has 1 saturated carbocycles. The molecule has 0 radical (unpaired) electrons. The maximum absolute atomic E-state index is 12.5. The van der Waals surface area contributed by atoms with Gasteiger partial charge in [0.1, 0.15) is 5.75 Å². The number of carbonyl (C=O) groups excluding carboxylic acids is 1. The van der Waals surface area contributed by atoms with Crippen molar-refractivity contribution in [1.82, 2.24) is 10.2 Å². The number of nitrogens with one attached hydrogen (secondary N) is 1. The second-order valence-corrected chi connectivity index (χ2v) is 9.50. The first kappa shape index (κ1) is 20.9. The number of benzene rings is 1. The number of nitrogens with zero attached hydrogens (tertiary/aromatic N) is 1. The second kappa shape index (κ2) is 8.28. The van der Waals surface area contributed by atoms with E-state index in [9.17, 15) is 26.4 Å². The maximum Gasteiger partial charge on any atom is 0.573 e. The highest BCUT2D eigenvalue weighted by atomic mass is 32.2. The number of para-hydroxylation sites is 1. The molecule has 1 aromatic carbocycles. The Morgan fingerprint density at radius 3 is 2.68 bits per heavy atom. The maximum atomic E-state index is 12.5. The Bertz CT molecular complexity index is 813. The molecule has 2 atom stereocenters. The van der Waals surface area contributed by atoms with Crippen molar-refractivity contribution in [1.29, 1.82) is 0 Å². The van der Waals surface area contributed by atoms with Crippen LogP contribution in [0, 0.1) is 0 Å². The average molecular weight is 420 g/mol. The van der Waals surface area contributed by atoms with Crippen LogP contribution in [0.15, 0.2) is 24.3 Å². The molecular weight excluding hydrogens is 397 g/mol. The van der Waals surface area contributed by atoms with E-state index in [-0.39, 0.29) is 42.1 Å². The lowest BCUT2D eigenvalue weighted by Crippen LogP contribution is -2.57. The van der Waals surface area contributed by atoms with Gasteiger partial charge in [0.05, 0.1) is 17.5 Å². The van der Waals surface area contributed by atoms with E-state index in [1.807, 2.05) is 4.90 Å². The van der Waals surface area contributed by atoms with E-state index in [0.717, 1.165) is 19.3 Å². The minimum atomic E-state index is -4.81. The van der Waals surface area contributed by atoms with Gasteiger partial charge in [-0.25, -0.2) is 8.42 Å². The minimum Gasteiger partial charge on any atom is -0.405 e. The third-order valence-corrected chi connectivity index (χ3v) is 7.51. The summed E-state index contributed by atoms with van der Waals surface area (Å²) in [6.45, 7) is 0.217. The first-order chi connectivity index (χ1) is 13.2. The van der Waals surface area contributed by atoms with E-state index in [0.29, 0.717) is 13.0 Å². The third-order valence-electron chi connectivity index (χ3n) is 5.28. The zero-order valence-corrected chi connectivity index (χ0v) is 16.1. The number of amides is 1. The van der Waals surface area contributed by atoms with Gasteiger partial charge in [0, 0.05) is 24.7 Å². The minimum absolute atomic E-state index is 0.0268. The molecule has 1 aliphatic heterocycles. The van der Waals surface area contributed by atoms with Crippen molar-refractivity contribution in [2.75, 3.05) is 18.8 Å². The predicted octanol–water partition coefficient (Wildman–Crippen LogP) is 2.24. The molecule has 156 valence electrons. The number of hydrogen-bond donors (Lipinski definition) is 1. The molecule has 2 fully saturated rings. The normalized spacial score (nSPS) is 25.0. The van der Waals surface area contributed by atoms with Crippen LogP contribution in [-0.2, 0) is 21.2 Å². The summed E-state index contributed by atoms with van der Waals surface area (Å²) < 4.78 is 66.0. The predicted molar refractivity (Wildman–Crippen MR) is 96.4 cm³/mol. The van der Waals surface area contributed by atoms with Gasteiger partial charge in [-0.1, -0.05) is 31.0 Å². The Morgan fingerprint density at radius 2 is 1.93 bits per heavy atom. The third kappa shape index (κ3) is 5.16. The highest BCUT2D eigenvalue weighted by molar-refractivity contribution is 7.92. The van der Waals surface area contributed by atoms with Crippen LogP contribution in [0.1, 0.15) is 31.2 Å². The summed E-state index contributed by atoms with van der Waals surface area (Å²) >= 11 is 0. The lowest BCUT2D eigenvalue weighted by atomic mass is 9.93. The van der Waals surface area contributed by atoms with Gasteiger partial charge in [0.2, 0.25) is 5.91 Å². The lowest BCUT2D eigenvalue weighted by Gasteiger charge is -2.43. The lowest BCUT2D eigenvalue weighted by molar-refractivity contribution is -0.274. The molecule has 28 heavy (non-hydrogen) atoms. The molecule has 0 aromatic heterocycles. The van der Waals surface area contributed by atoms with Gasteiger partial charge in [-0.15, -0.1) is 13.2 Å². The van der Waals surface area contributed by atoms with Gasteiger partial charge in [0.15, 0.2) is 9.84 Å². The van der Waals surface area contributed by atoms with E-state index >= 15 is 0 Å². The smallest absolute Gasteiger partial charge is 0.405 e. The highest BCUT2D eigenvalue weighted by Crippen LogP contribution is 2.32. The van der Waals surface area contributed by atoms with E-state index in [1.165, 1.54) is 18.2 Å². The van der Waals surface area contributed by atoms with Gasteiger partial charge in [-0.05, 0) is 18.9 Å². The summed E-state index contributed by atoms with van der Waals surface area (Å²) in [5.74, 6) is -0.680. The number of ether oxygens (including phenoxy) is 1. The molecule has 0 spiro atoms. The topological polar surface area (TPSA) is 75.7 Å². The van der Waals surface area contributed by atoms with Gasteiger partial charge in [-0.2, -0.15) is 0 Å². The molecule has 6 nitrogen and oxygen atoms in total. The number of rotatable bonds is 5. The second-order valence-electron chi connectivity index (χ2n) is 7.16. The molecule has 1 heterocycles. The van der Waals surface area contributed by atoms with Crippen molar-refractivity contribution in [2.45, 2.75) is 49.9 Å². The molecule has 1 aromatic rings. The van der Waals surface area contributed by atoms with Crippen molar-refractivity contribution >= 4 is 15.7 Å². The summed E-state index contributed by atoms with van der Waals surface area (Å²) in [7, 11) is -3.13. The van der Waals surface area contributed by atoms with E-state index in [1.54, 1.807) is 6.07 Å². The van der Waals surface area contributed by atoms with Crippen LogP contribution in [0.4, 0.5) is 13.2 Å². The van der Waals surface area contributed by atoms with Crippen LogP contribution in [0.25, 0.3) is 0 Å². The largest absolute Gasteiger partial charge is 0.573 e. The Kier molecular flexibility index (Phi) is 6.18. The fourth-order valence-corrected chi connectivity index (χ4v) is 6.08. The van der Waals surface area contributed by atoms with Gasteiger partial charge in [0.25, 0.3) is 0 Å². The molecule has 0 bridgehead atoms. The first-order valence-electron chi connectivity index (χ1n) is 9.22. The molecule has 1 N–H and O–H groups in total. The van der Waals surface area contributed by atoms with Crippen LogP contribution in [0.2, 0.25) is 0 Å². The van der Waals surface area contributed by atoms with Gasteiger partial charge < -0.3 is 10.1 Å². The highest BCUT2D eigenvalue weighted by Gasteiger charge is 2.42. The van der Waals surface area contributed by atoms with Crippen molar-refractivity contribution in [3.63, 3.8) is 0 Å². The first-order valence-corrected chi connectivity index (χ1v) is 10.9. The van der Waals surface area contributed by atoms with Crippen LogP contribution in [0.3, 0.4) is 0 Å². The van der Waals surface area contributed by atoms with E-state index in [4.69, 9.17) is 0 Å². The average Bonchev–Trinajstić information content (AvgIpc) is 2.62. The van der Waals surface area contributed by atoms with Gasteiger partial charge >= 0.3 is 6.36 Å². The molecule has 0 unspecified atom stereocenters. The fraction of sp³-hybridized carbons (Fsp3) is 0.611. The number of hydrogen-bond acceptors (Lipinski definition) is 5. The van der Waals surface area contributed by atoms with E-state index in [2.05, 4.69) is 10.1 Å². The molecule has 3 rings (SSSR count). The van der Waals surface area contributed by atoms with Crippen molar-refractivity contribution in [3.05, 3.63) is 29.8 Å². The molecule has 2 aliphatic rings. The van der Waals surface area contributed by atoms with Crippen LogP contribution < -0.4 is 10.1 Å². The summed E-state index contributed by atoms with van der Waals surface area (Å²) in [6.07, 6.45) is -1.66. The SMILES string of the molecule is O=C(CN1CCS(=O)(=O)[C@@H]2CCCC[C@@H]21)NCc1ccccc1OC(F)(F)F. The Balaban J connectivity index is 1.59. The number of sulfone groups is 1. The molecule has 10 heteroatoms. The molecule has 1 aliphatic carbocycles. The molecular formula is C18H23F3N2O4S. The summed E-state index contributed by atoms with van der Waals surface area (Å²) in [4.78, 5) is 14.2. The van der Waals surface area contributed by atoms with Crippen molar-refractivity contribution in [2.24, 2.45) is 0 Å². The Morgan fingerprint density at radius 1 is 1.21 bits per heavy atom. The number of alkyl halides is 3. The van der Waals surface area contributed by atoms with E-state index < -0.39 is 21.4 Å². The number of fused-ring (bicyclic) bond motifs is 1.